The molecule has 0 atom stereocenters. The summed E-state index contributed by atoms with van der Waals surface area (Å²) < 4.78 is 0. The summed E-state index contributed by atoms with van der Waals surface area (Å²) in [7, 11) is 0. The van der Waals surface area contributed by atoms with Gasteiger partial charge in [0.2, 0.25) is 0 Å². The number of halogens is 3. The maximum absolute atomic E-state index is 6.15. The maximum atomic E-state index is 6.15. The smallest absolute Gasteiger partial charge is 0.0722 e. The van der Waals surface area contributed by atoms with Crippen LogP contribution in [0.15, 0.2) is 30.3 Å². The third-order valence-electron chi connectivity index (χ3n) is 3.09. The molecule has 0 amide bonds. The molecule has 0 aromatic heterocycles. The molecule has 0 radical (unpaired) electrons. The molecule has 4 heteroatoms. The average Bonchev–Trinajstić information content (AvgIpc) is 2.31. The number of nitrogens with one attached hydrogen (secondary N) is 1. The second-order valence-electron chi connectivity index (χ2n) is 4.47. The first-order valence-electron chi connectivity index (χ1n) is 5.92. The van der Waals surface area contributed by atoms with E-state index in [-0.39, 0.29) is 0 Å². The topological polar surface area (TPSA) is 12.0 Å². The first-order valence-corrected chi connectivity index (χ1v) is 7.06. The zero-order chi connectivity index (χ0) is 14.0. The lowest BCUT2D eigenvalue weighted by Gasteiger charge is -2.14. The zero-order valence-corrected chi connectivity index (χ0v) is 13.0. The lowest BCUT2D eigenvalue weighted by molar-refractivity contribution is 1.09. The largest absolute Gasteiger partial charge is 0.379 e. The fourth-order valence-corrected chi connectivity index (χ4v) is 2.97. The molecule has 0 saturated heterocycles. The highest BCUT2D eigenvalue weighted by atomic mass is 35.5. The molecule has 0 saturated carbocycles. The number of benzene rings is 2. The Morgan fingerprint density at radius 1 is 0.947 bits per heavy atom. The minimum atomic E-state index is 0.531. The number of rotatable bonds is 3. The summed E-state index contributed by atoms with van der Waals surface area (Å²) in [4.78, 5) is 0. The Bertz CT molecular complexity index is 565. The van der Waals surface area contributed by atoms with Crippen molar-refractivity contribution in [1.82, 2.24) is 0 Å². The van der Waals surface area contributed by atoms with E-state index in [1.807, 2.05) is 0 Å². The summed E-state index contributed by atoms with van der Waals surface area (Å²) in [5, 5.41) is 4.88. The van der Waals surface area contributed by atoms with Crippen molar-refractivity contribution in [3.63, 3.8) is 0 Å². The number of hydrogen-bond acceptors (Lipinski definition) is 1. The van der Waals surface area contributed by atoms with Crippen molar-refractivity contribution in [1.29, 1.82) is 0 Å². The highest BCUT2D eigenvalue weighted by Gasteiger charge is 2.09. The van der Waals surface area contributed by atoms with Gasteiger partial charge in [-0.05, 0) is 42.7 Å². The monoisotopic (exact) mass is 313 g/mol. The molecule has 2 aromatic carbocycles. The maximum Gasteiger partial charge on any atom is 0.0722 e. The Morgan fingerprint density at radius 2 is 1.47 bits per heavy atom. The molecule has 0 aliphatic rings. The third-order valence-corrected chi connectivity index (χ3v) is 3.91. The lowest BCUT2D eigenvalue weighted by Crippen LogP contribution is -2.04. The van der Waals surface area contributed by atoms with E-state index < -0.39 is 0 Å². The van der Waals surface area contributed by atoms with Gasteiger partial charge in [-0.3, -0.25) is 0 Å². The molecule has 0 fully saturated rings. The molecule has 0 spiro atoms. The van der Waals surface area contributed by atoms with Crippen LogP contribution in [-0.2, 0) is 6.54 Å². The SMILES string of the molecule is Cc1cccc(C)c1CNc1c(Cl)cc(Cl)cc1Cl. The van der Waals surface area contributed by atoms with Crippen molar-refractivity contribution in [3.8, 4) is 0 Å². The standard InChI is InChI=1S/C15H14Cl3N/c1-9-4-3-5-10(2)12(9)8-19-15-13(17)6-11(16)7-14(15)18/h3-7,19H,8H2,1-2H3. The molecule has 2 rings (SSSR count). The first-order chi connectivity index (χ1) is 8.99. The van der Waals surface area contributed by atoms with Crippen LogP contribution in [0.2, 0.25) is 15.1 Å². The molecule has 100 valence electrons. The van der Waals surface area contributed by atoms with Gasteiger partial charge in [0.15, 0.2) is 0 Å². The van der Waals surface area contributed by atoms with Gasteiger partial charge < -0.3 is 5.32 Å². The number of anilines is 1. The first kappa shape index (κ1) is 14.5. The molecule has 1 N–H and O–H groups in total. The van der Waals surface area contributed by atoms with Crippen LogP contribution < -0.4 is 5.32 Å². The summed E-state index contributed by atoms with van der Waals surface area (Å²) in [5.41, 5.74) is 4.46. The second kappa shape index (κ2) is 6.04. The molecule has 0 heterocycles. The van der Waals surface area contributed by atoms with Crippen molar-refractivity contribution >= 4 is 40.5 Å². The van der Waals surface area contributed by atoms with E-state index in [1.165, 1.54) is 16.7 Å². The van der Waals surface area contributed by atoms with Crippen LogP contribution in [0.5, 0.6) is 0 Å². The van der Waals surface area contributed by atoms with Crippen LogP contribution >= 0.6 is 34.8 Å². The average molecular weight is 315 g/mol. The minimum absolute atomic E-state index is 0.531. The normalized spacial score (nSPS) is 10.6. The Morgan fingerprint density at radius 3 is 2.00 bits per heavy atom. The van der Waals surface area contributed by atoms with E-state index in [2.05, 4.69) is 37.4 Å². The molecule has 0 bridgehead atoms. The van der Waals surface area contributed by atoms with Gasteiger partial charge in [0.25, 0.3) is 0 Å². The summed E-state index contributed by atoms with van der Waals surface area (Å²) in [6, 6.07) is 9.60. The summed E-state index contributed by atoms with van der Waals surface area (Å²) >= 11 is 18.2. The summed E-state index contributed by atoms with van der Waals surface area (Å²) in [5.74, 6) is 0. The van der Waals surface area contributed by atoms with Crippen LogP contribution in [0.4, 0.5) is 5.69 Å². The molecule has 0 unspecified atom stereocenters. The van der Waals surface area contributed by atoms with Crippen LogP contribution in [0, 0.1) is 13.8 Å². The van der Waals surface area contributed by atoms with Crippen molar-refractivity contribution in [2.24, 2.45) is 0 Å². The Hall–Kier alpha value is -0.890. The number of hydrogen-bond donors (Lipinski definition) is 1. The predicted molar refractivity (Wildman–Crippen MR) is 84.7 cm³/mol. The highest BCUT2D eigenvalue weighted by Crippen LogP contribution is 2.34. The molecular formula is C15H14Cl3N. The minimum Gasteiger partial charge on any atom is -0.379 e. The number of aryl methyl sites for hydroxylation is 2. The van der Waals surface area contributed by atoms with Crippen LogP contribution in [0.1, 0.15) is 16.7 Å². The van der Waals surface area contributed by atoms with E-state index in [1.54, 1.807) is 12.1 Å². The molecule has 0 aliphatic carbocycles. The van der Waals surface area contributed by atoms with Gasteiger partial charge in [-0.2, -0.15) is 0 Å². The molecule has 19 heavy (non-hydrogen) atoms. The molecular weight excluding hydrogens is 301 g/mol. The van der Waals surface area contributed by atoms with E-state index in [9.17, 15) is 0 Å². The van der Waals surface area contributed by atoms with Crippen molar-refractivity contribution < 1.29 is 0 Å². The van der Waals surface area contributed by atoms with Crippen LogP contribution in [0.3, 0.4) is 0 Å². The van der Waals surface area contributed by atoms with Crippen LogP contribution in [0.25, 0.3) is 0 Å². The third kappa shape index (κ3) is 3.36. The van der Waals surface area contributed by atoms with Crippen molar-refractivity contribution in [2.75, 3.05) is 5.32 Å². The summed E-state index contributed by atoms with van der Waals surface area (Å²) in [6.07, 6.45) is 0. The van der Waals surface area contributed by atoms with Gasteiger partial charge in [-0.15, -0.1) is 0 Å². The van der Waals surface area contributed by atoms with Gasteiger partial charge in [-0.1, -0.05) is 53.0 Å². The van der Waals surface area contributed by atoms with Gasteiger partial charge in [-0.25, -0.2) is 0 Å². The Kier molecular flexibility index (Phi) is 4.62. The van der Waals surface area contributed by atoms with E-state index in [4.69, 9.17) is 34.8 Å². The second-order valence-corrected chi connectivity index (χ2v) is 5.72. The van der Waals surface area contributed by atoms with Crippen molar-refractivity contribution in [2.45, 2.75) is 20.4 Å². The Balaban J connectivity index is 2.24. The van der Waals surface area contributed by atoms with E-state index >= 15 is 0 Å². The quantitative estimate of drug-likeness (QED) is 0.746. The summed E-state index contributed by atoms with van der Waals surface area (Å²) in [6.45, 7) is 4.86. The van der Waals surface area contributed by atoms with Gasteiger partial charge in [0.05, 0.1) is 15.7 Å². The highest BCUT2D eigenvalue weighted by molar-refractivity contribution is 6.41. The molecule has 1 nitrogen and oxygen atoms in total. The predicted octanol–water partition coefficient (Wildman–Crippen LogP) is 5.88. The lowest BCUT2D eigenvalue weighted by atomic mass is 10.0. The van der Waals surface area contributed by atoms with Gasteiger partial charge >= 0.3 is 0 Å². The zero-order valence-electron chi connectivity index (χ0n) is 10.7. The fraction of sp³-hybridized carbons (Fsp3) is 0.200. The molecule has 0 aliphatic heterocycles. The Labute approximate surface area is 128 Å². The molecule has 2 aromatic rings. The fourth-order valence-electron chi connectivity index (χ4n) is 2.02. The van der Waals surface area contributed by atoms with Gasteiger partial charge in [0.1, 0.15) is 0 Å². The van der Waals surface area contributed by atoms with Crippen LogP contribution in [-0.4, -0.2) is 0 Å². The van der Waals surface area contributed by atoms with Gasteiger partial charge in [0, 0.05) is 11.6 Å². The van der Waals surface area contributed by atoms with E-state index in [0.29, 0.717) is 21.6 Å². The van der Waals surface area contributed by atoms with E-state index in [0.717, 1.165) is 5.69 Å². The van der Waals surface area contributed by atoms with Crippen molar-refractivity contribution in [3.05, 3.63) is 62.1 Å².